The number of carbonyl (C=O) groups excluding carboxylic acids is 1. The van der Waals surface area contributed by atoms with E-state index in [9.17, 15) is 14.9 Å². The molecule has 1 aliphatic heterocycles. The second kappa shape index (κ2) is 6.23. The summed E-state index contributed by atoms with van der Waals surface area (Å²) in [5.41, 5.74) is 0.143. The lowest BCUT2D eigenvalue weighted by Crippen LogP contribution is -2.06. The zero-order valence-electron chi connectivity index (χ0n) is 11.2. The van der Waals surface area contributed by atoms with Crippen LogP contribution in [0.15, 0.2) is 44.8 Å². The number of cyclic esters (lactones) is 1. The van der Waals surface area contributed by atoms with Gasteiger partial charge in [-0.15, -0.1) is 11.3 Å². The fourth-order valence-corrected chi connectivity index (χ4v) is 3.42. The second-order valence-corrected chi connectivity index (χ2v) is 6.69. The quantitative estimate of drug-likeness (QED) is 0.323. The smallest absolute Gasteiger partial charge is 0.363 e. The van der Waals surface area contributed by atoms with Crippen LogP contribution in [0, 0.1) is 10.1 Å². The first kappa shape index (κ1) is 15.9. The highest BCUT2D eigenvalue weighted by molar-refractivity contribution is 9.10. The maximum Gasteiger partial charge on any atom is 0.363 e. The number of carbonyl (C=O) groups is 1. The number of nitro benzene ring substituents is 1. The molecular formula is C14H6BrClN2O4S. The Morgan fingerprint density at radius 1 is 1.39 bits per heavy atom. The first-order valence-electron chi connectivity index (χ1n) is 6.15. The Labute approximate surface area is 147 Å². The van der Waals surface area contributed by atoms with Gasteiger partial charge in [0, 0.05) is 26.9 Å². The van der Waals surface area contributed by atoms with E-state index in [4.69, 9.17) is 16.3 Å². The monoisotopic (exact) mass is 412 g/mol. The number of rotatable bonds is 3. The van der Waals surface area contributed by atoms with Crippen LogP contribution < -0.4 is 0 Å². The molecule has 0 radical (unpaired) electrons. The Kier molecular flexibility index (Phi) is 4.29. The van der Waals surface area contributed by atoms with Crippen molar-refractivity contribution in [2.45, 2.75) is 0 Å². The highest BCUT2D eigenvalue weighted by Gasteiger charge is 2.27. The van der Waals surface area contributed by atoms with E-state index in [0.29, 0.717) is 0 Å². The average Bonchev–Trinajstić information content (AvgIpc) is 3.06. The summed E-state index contributed by atoms with van der Waals surface area (Å²) in [5.74, 6) is -0.683. The van der Waals surface area contributed by atoms with E-state index in [1.807, 2.05) is 11.4 Å². The Hall–Kier alpha value is -2.03. The molecule has 23 heavy (non-hydrogen) atoms. The van der Waals surface area contributed by atoms with Crippen molar-refractivity contribution < 1.29 is 14.5 Å². The number of nitro groups is 1. The highest BCUT2D eigenvalue weighted by atomic mass is 79.9. The predicted molar refractivity (Wildman–Crippen MR) is 90.7 cm³/mol. The van der Waals surface area contributed by atoms with Crippen LogP contribution in [0.3, 0.4) is 0 Å². The Bertz CT molecular complexity index is 891. The van der Waals surface area contributed by atoms with Crippen LogP contribution in [0.5, 0.6) is 0 Å². The maximum absolute atomic E-state index is 11.9. The van der Waals surface area contributed by atoms with E-state index in [1.165, 1.54) is 29.5 Å². The van der Waals surface area contributed by atoms with Crippen LogP contribution in [0.1, 0.15) is 10.4 Å². The lowest BCUT2D eigenvalue weighted by atomic mass is 10.2. The molecule has 0 fully saturated rings. The van der Waals surface area contributed by atoms with Crippen molar-refractivity contribution in [1.29, 1.82) is 0 Å². The predicted octanol–water partition coefficient (Wildman–Crippen LogP) is 4.42. The van der Waals surface area contributed by atoms with Crippen LogP contribution in [0.4, 0.5) is 5.69 Å². The van der Waals surface area contributed by atoms with Crippen molar-refractivity contribution in [3.8, 4) is 0 Å². The molecule has 9 heteroatoms. The number of hydrogen-bond donors (Lipinski definition) is 0. The van der Waals surface area contributed by atoms with Gasteiger partial charge in [0.1, 0.15) is 0 Å². The SMILES string of the molecule is O=C1OC(c2cc([N+](=O)[O-])ccc2Cl)=N/C1=C\c1cc(Br)cs1. The van der Waals surface area contributed by atoms with Gasteiger partial charge in [0.15, 0.2) is 5.70 Å². The van der Waals surface area contributed by atoms with Crippen molar-refractivity contribution in [1.82, 2.24) is 0 Å². The van der Waals surface area contributed by atoms with E-state index < -0.39 is 10.9 Å². The molecule has 3 rings (SSSR count). The van der Waals surface area contributed by atoms with Crippen LogP contribution in [0.25, 0.3) is 6.08 Å². The molecule has 2 aromatic rings. The van der Waals surface area contributed by atoms with Crippen LogP contribution >= 0.6 is 38.9 Å². The van der Waals surface area contributed by atoms with Crippen molar-refractivity contribution in [3.05, 3.63) is 65.4 Å². The topological polar surface area (TPSA) is 81.8 Å². The lowest BCUT2D eigenvalue weighted by Gasteiger charge is -2.02. The van der Waals surface area contributed by atoms with Gasteiger partial charge in [0.2, 0.25) is 5.90 Å². The zero-order valence-corrected chi connectivity index (χ0v) is 14.3. The third-order valence-electron chi connectivity index (χ3n) is 2.88. The fraction of sp³-hybridized carbons (Fsp3) is 0. The largest absolute Gasteiger partial charge is 0.402 e. The summed E-state index contributed by atoms with van der Waals surface area (Å²) in [4.78, 5) is 27.1. The van der Waals surface area contributed by atoms with Crippen LogP contribution in [-0.2, 0) is 9.53 Å². The number of thiophene rings is 1. The molecule has 0 bridgehead atoms. The minimum absolute atomic E-state index is 0.0504. The molecule has 0 aliphatic carbocycles. The van der Waals surface area contributed by atoms with Gasteiger partial charge >= 0.3 is 5.97 Å². The van der Waals surface area contributed by atoms with E-state index in [-0.39, 0.29) is 27.9 Å². The third-order valence-corrected chi connectivity index (χ3v) is 4.85. The number of benzene rings is 1. The van der Waals surface area contributed by atoms with E-state index in [1.54, 1.807) is 6.08 Å². The summed E-state index contributed by atoms with van der Waals surface area (Å²) in [6.45, 7) is 0. The molecule has 0 amide bonds. The summed E-state index contributed by atoms with van der Waals surface area (Å²) < 4.78 is 5.98. The Morgan fingerprint density at radius 3 is 2.83 bits per heavy atom. The molecule has 0 N–H and O–H groups in total. The van der Waals surface area contributed by atoms with Gasteiger partial charge in [-0.25, -0.2) is 9.79 Å². The van der Waals surface area contributed by atoms with Gasteiger partial charge in [-0.1, -0.05) is 11.6 Å². The Morgan fingerprint density at radius 2 is 2.17 bits per heavy atom. The third kappa shape index (κ3) is 3.34. The molecule has 0 atom stereocenters. The molecule has 1 aromatic carbocycles. The van der Waals surface area contributed by atoms with Gasteiger partial charge in [0.05, 0.1) is 15.5 Å². The molecule has 1 aromatic heterocycles. The minimum Gasteiger partial charge on any atom is -0.402 e. The van der Waals surface area contributed by atoms with Gasteiger partial charge in [-0.3, -0.25) is 10.1 Å². The number of non-ortho nitro benzene ring substituents is 1. The summed E-state index contributed by atoms with van der Waals surface area (Å²) >= 11 is 10.8. The van der Waals surface area contributed by atoms with Crippen molar-refractivity contribution in [3.63, 3.8) is 0 Å². The number of nitrogens with zero attached hydrogens (tertiary/aromatic N) is 2. The van der Waals surface area contributed by atoms with Crippen LogP contribution in [0.2, 0.25) is 5.02 Å². The summed E-state index contributed by atoms with van der Waals surface area (Å²) in [6.07, 6.45) is 1.58. The summed E-state index contributed by atoms with van der Waals surface area (Å²) in [5, 5.41) is 12.9. The average molecular weight is 414 g/mol. The lowest BCUT2D eigenvalue weighted by molar-refractivity contribution is -0.384. The number of esters is 1. The van der Waals surface area contributed by atoms with E-state index in [2.05, 4.69) is 20.9 Å². The molecule has 0 unspecified atom stereocenters. The van der Waals surface area contributed by atoms with Crippen LogP contribution in [-0.4, -0.2) is 16.8 Å². The maximum atomic E-state index is 11.9. The molecule has 1 aliphatic rings. The van der Waals surface area contributed by atoms with Crippen molar-refractivity contribution in [2.24, 2.45) is 4.99 Å². The number of aliphatic imine (C=N–C) groups is 1. The molecule has 0 saturated heterocycles. The number of hydrogen-bond acceptors (Lipinski definition) is 6. The highest BCUT2D eigenvalue weighted by Crippen LogP contribution is 2.28. The van der Waals surface area contributed by atoms with Gasteiger partial charge < -0.3 is 4.74 Å². The fourth-order valence-electron chi connectivity index (χ4n) is 1.85. The van der Waals surface area contributed by atoms with Crippen molar-refractivity contribution >= 4 is 62.5 Å². The summed E-state index contributed by atoms with van der Waals surface area (Å²) in [7, 11) is 0. The molecule has 2 heterocycles. The van der Waals surface area contributed by atoms with Gasteiger partial charge in [0.25, 0.3) is 5.69 Å². The molecule has 6 nitrogen and oxygen atoms in total. The molecular weight excluding hydrogens is 408 g/mol. The standard InChI is InChI=1S/C14H6BrClN2O4S/c15-7-3-9(23-6-7)5-12-14(19)22-13(17-12)10-4-8(18(20)21)1-2-11(10)16/h1-6H/b12-5-. The zero-order chi connectivity index (χ0) is 16.6. The van der Waals surface area contributed by atoms with Crippen molar-refractivity contribution in [2.75, 3.05) is 0 Å². The first-order chi connectivity index (χ1) is 10.9. The van der Waals surface area contributed by atoms with E-state index in [0.717, 1.165) is 9.35 Å². The number of ether oxygens (including phenoxy) is 1. The minimum atomic E-state index is -0.632. The Balaban J connectivity index is 2.00. The molecule has 116 valence electrons. The van der Waals surface area contributed by atoms with E-state index >= 15 is 0 Å². The molecule has 0 saturated carbocycles. The normalized spacial score (nSPS) is 15.7. The first-order valence-corrected chi connectivity index (χ1v) is 8.20. The number of halogens is 2. The molecule has 0 spiro atoms. The van der Waals surface area contributed by atoms with Gasteiger partial charge in [-0.2, -0.15) is 0 Å². The van der Waals surface area contributed by atoms with Gasteiger partial charge in [-0.05, 0) is 34.1 Å². The second-order valence-electron chi connectivity index (χ2n) is 4.42. The summed E-state index contributed by atoms with van der Waals surface area (Å²) in [6, 6.07) is 5.68.